The first kappa shape index (κ1) is 37.6. The number of alkyl halides is 6. The average Bonchev–Trinajstić information content (AvgIpc) is 3.48. The van der Waals surface area contributed by atoms with E-state index in [0.29, 0.717) is 41.5 Å². The molecule has 1 atom stereocenters. The van der Waals surface area contributed by atoms with Gasteiger partial charge in [-0.2, -0.15) is 31.4 Å². The van der Waals surface area contributed by atoms with E-state index in [4.69, 9.17) is 40.9 Å². The van der Waals surface area contributed by atoms with Gasteiger partial charge in [-0.3, -0.25) is 9.89 Å². The van der Waals surface area contributed by atoms with Crippen molar-refractivity contribution in [2.75, 3.05) is 39.2 Å². The van der Waals surface area contributed by atoms with Gasteiger partial charge in [0.05, 0.1) is 17.8 Å². The Morgan fingerprint density at radius 1 is 1.09 bits per heavy atom. The molecule has 2 heterocycles. The van der Waals surface area contributed by atoms with Gasteiger partial charge in [0.1, 0.15) is 30.5 Å². The monoisotopic (exact) mass is 686 g/mol. The second-order valence-electron chi connectivity index (χ2n) is 9.53. The number of carboxylic acid groups (broad SMARTS) is 2. The maximum atomic E-state index is 14.9. The number of carboxylic acids is 2. The molecule has 3 aromatic rings. The number of rotatable bonds is 7. The summed E-state index contributed by atoms with van der Waals surface area (Å²) in [4.78, 5) is 32.8. The number of H-pyrrole nitrogens is 1. The maximum absolute atomic E-state index is 14.9. The number of hydrogen-bond acceptors (Lipinski definition) is 7. The minimum atomic E-state index is -5.08. The van der Waals surface area contributed by atoms with Crippen LogP contribution in [-0.2, 0) is 20.8 Å². The van der Waals surface area contributed by atoms with Gasteiger partial charge in [-0.15, -0.1) is 0 Å². The molecule has 19 heteroatoms. The van der Waals surface area contributed by atoms with E-state index in [2.05, 4.69) is 15.5 Å². The molecule has 0 radical (unpaired) electrons. The first-order valence-corrected chi connectivity index (χ1v) is 13.1. The number of carbonyl (C=O) groups is 3. The van der Waals surface area contributed by atoms with E-state index in [1.807, 2.05) is 19.0 Å². The third-order valence-corrected chi connectivity index (χ3v) is 5.95. The van der Waals surface area contributed by atoms with Crippen molar-refractivity contribution in [2.45, 2.75) is 18.8 Å². The average molecular weight is 687 g/mol. The Hall–Kier alpha value is -4.58. The van der Waals surface area contributed by atoms with Crippen LogP contribution in [0.2, 0.25) is 5.02 Å². The van der Waals surface area contributed by atoms with Crippen LogP contribution in [0.1, 0.15) is 5.56 Å². The fourth-order valence-corrected chi connectivity index (χ4v) is 3.69. The highest BCUT2D eigenvalue weighted by Crippen LogP contribution is 2.35. The summed E-state index contributed by atoms with van der Waals surface area (Å²) in [7, 11) is 3.86. The number of benzene rings is 2. The van der Waals surface area contributed by atoms with Gasteiger partial charge in [0, 0.05) is 35.0 Å². The zero-order valence-electron chi connectivity index (χ0n) is 23.8. The molecule has 1 aliphatic heterocycles. The van der Waals surface area contributed by atoms with Gasteiger partial charge in [-0.05, 0) is 50.3 Å². The van der Waals surface area contributed by atoms with Crippen LogP contribution in [0.5, 0.6) is 11.5 Å². The number of aromatic amines is 1. The normalized spacial score (nSPS) is 14.0. The molecule has 1 aromatic heterocycles. The number of ether oxygens (including phenoxy) is 2. The molecule has 11 nitrogen and oxygen atoms in total. The number of fused-ring (bicyclic) bond motifs is 1. The minimum Gasteiger partial charge on any atom is -0.492 e. The lowest BCUT2D eigenvalue weighted by atomic mass is 9.96. The summed E-state index contributed by atoms with van der Waals surface area (Å²) in [6.07, 6.45) is -6.56. The van der Waals surface area contributed by atoms with Crippen LogP contribution in [0.3, 0.4) is 0 Å². The van der Waals surface area contributed by atoms with Crippen LogP contribution in [0, 0.1) is 11.7 Å². The molecule has 4 N–H and O–H groups in total. The number of anilines is 1. The van der Waals surface area contributed by atoms with Crippen molar-refractivity contribution in [3.63, 3.8) is 0 Å². The Morgan fingerprint density at radius 3 is 2.22 bits per heavy atom. The van der Waals surface area contributed by atoms with E-state index >= 15 is 0 Å². The molecule has 0 fully saturated rings. The fourth-order valence-electron chi connectivity index (χ4n) is 3.49. The first-order valence-electron chi connectivity index (χ1n) is 12.7. The van der Waals surface area contributed by atoms with Gasteiger partial charge < -0.3 is 29.9 Å². The zero-order chi connectivity index (χ0) is 34.8. The van der Waals surface area contributed by atoms with E-state index < -0.39 is 36.0 Å². The summed E-state index contributed by atoms with van der Waals surface area (Å²) in [5.41, 5.74) is 2.07. The largest absolute Gasteiger partial charge is 0.492 e. The van der Waals surface area contributed by atoms with Crippen molar-refractivity contribution in [2.24, 2.45) is 5.92 Å². The lowest BCUT2D eigenvalue weighted by Crippen LogP contribution is -2.32. The molecule has 1 unspecified atom stereocenters. The predicted octanol–water partition coefficient (Wildman–Crippen LogP) is 5.27. The quantitative estimate of drug-likeness (QED) is 0.244. The number of nitrogens with zero attached hydrogens (tertiary/aromatic N) is 2. The summed E-state index contributed by atoms with van der Waals surface area (Å²) in [6.45, 7) is 1.28. The Morgan fingerprint density at radius 2 is 1.70 bits per heavy atom. The lowest BCUT2D eigenvalue weighted by molar-refractivity contribution is -0.193. The summed E-state index contributed by atoms with van der Waals surface area (Å²) in [5.74, 6) is -5.60. The molecular weight excluding hydrogens is 661 g/mol. The van der Waals surface area contributed by atoms with Crippen LogP contribution < -0.4 is 14.8 Å². The molecule has 0 bridgehead atoms. The molecule has 46 heavy (non-hydrogen) atoms. The van der Waals surface area contributed by atoms with Crippen LogP contribution in [0.15, 0.2) is 42.7 Å². The van der Waals surface area contributed by atoms with E-state index in [1.54, 1.807) is 30.5 Å². The second-order valence-corrected chi connectivity index (χ2v) is 9.96. The topological polar surface area (TPSA) is 154 Å². The summed E-state index contributed by atoms with van der Waals surface area (Å²) >= 11 is 6.08. The van der Waals surface area contributed by atoms with E-state index in [1.165, 1.54) is 12.3 Å². The second kappa shape index (κ2) is 16.1. The van der Waals surface area contributed by atoms with Gasteiger partial charge >= 0.3 is 24.3 Å². The Balaban J connectivity index is 0.000000440. The summed E-state index contributed by atoms with van der Waals surface area (Å²) in [5, 5.41) is 24.2. The maximum Gasteiger partial charge on any atom is 0.490 e. The Kier molecular flexibility index (Phi) is 13.2. The number of halogens is 8. The number of nitrogens with one attached hydrogen (secondary N) is 2. The van der Waals surface area contributed by atoms with Gasteiger partial charge in [-0.25, -0.2) is 14.0 Å². The Labute approximate surface area is 260 Å². The molecular formula is C27H26ClF7N4O7. The zero-order valence-corrected chi connectivity index (χ0v) is 24.6. The highest BCUT2D eigenvalue weighted by atomic mass is 35.5. The number of hydrogen-bond donors (Lipinski definition) is 4. The highest BCUT2D eigenvalue weighted by molar-refractivity contribution is 6.30. The SMILES string of the molecule is CN(C)CCOc1cc(-c2cn[nH]c2)c(F)cc1NC(=O)C1COc2ccc(Cl)cc2C1.O=C(O)C(F)(F)F.O=C(O)C(F)(F)F. The minimum absolute atomic E-state index is 0.229. The van der Waals surface area contributed by atoms with Crippen LogP contribution in [-0.4, -0.2) is 89.4 Å². The van der Waals surface area contributed by atoms with Crippen molar-refractivity contribution in [3.8, 4) is 22.6 Å². The standard InChI is InChI=1S/C23H24ClFN4O3.2C2HF3O2/c1-29(2)5-6-31-22-9-18(16-11-26-27-12-16)19(25)10-20(22)28-23(30)15-7-14-8-17(24)3-4-21(14)32-13-15;2*3-2(4,5)1(6)7/h3-4,8-12,15H,5-7,13H2,1-2H3,(H,26,27)(H,28,30);2*(H,6,7). The molecule has 0 aliphatic carbocycles. The smallest absolute Gasteiger partial charge is 0.490 e. The summed E-state index contributed by atoms with van der Waals surface area (Å²) < 4.78 is 90.0. The number of aliphatic carboxylic acids is 2. The van der Waals surface area contributed by atoms with Crippen molar-refractivity contribution in [1.82, 2.24) is 15.1 Å². The van der Waals surface area contributed by atoms with Crippen molar-refractivity contribution >= 4 is 35.1 Å². The summed E-state index contributed by atoms with van der Waals surface area (Å²) in [6, 6.07) is 8.21. The molecule has 0 spiro atoms. The van der Waals surface area contributed by atoms with E-state index in [0.717, 1.165) is 11.3 Å². The van der Waals surface area contributed by atoms with Crippen LogP contribution in [0.4, 0.5) is 36.4 Å². The number of likely N-dealkylation sites (N-methyl/N-ethyl adjacent to an activating group) is 1. The van der Waals surface area contributed by atoms with Crippen LogP contribution >= 0.6 is 11.6 Å². The van der Waals surface area contributed by atoms with Gasteiger partial charge in [-0.1, -0.05) is 11.6 Å². The van der Waals surface area contributed by atoms with Crippen molar-refractivity contribution in [1.29, 1.82) is 0 Å². The third kappa shape index (κ3) is 11.7. The third-order valence-electron chi connectivity index (χ3n) is 5.72. The molecule has 0 saturated carbocycles. The molecule has 1 aliphatic rings. The van der Waals surface area contributed by atoms with Gasteiger partial charge in [0.25, 0.3) is 0 Å². The number of aromatic nitrogens is 2. The molecule has 1 amide bonds. The molecule has 4 rings (SSSR count). The molecule has 252 valence electrons. The number of amides is 1. The molecule has 0 saturated heterocycles. The van der Waals surface area contributed by atoms with Gasteiger partial charge in [0.2, 0.25) is 5.91 Å². The van der Waals surface area contributed by atoms with Crippen LogP contribution in [0.25, 0.3) is 11.1 Å². The number of carbonyl (C=O) groups excluding carboxylic acids is 1. The predicted molar refractivity (Wildman–Crippen MR) is 148 cm³/mol. The Bertz CT molecular complexity index is 1480. The van der Waals surface area contributed by atoms with Crippen molar-refractivity contribution in [3.05, 3.63) is 59.1 Å². The van der Waals surface area contributed by atoms with E-state index in [-0.39, 0.29) is 18.2 Å². The first-order chi connectivity index (χ1) is 21.3. The molecule has 2 aromatic carbocycles. The van der Waals surface area contributed by atoms with E-state index in [9.17, 15) is 35.5 Å². The van der Waals surface area contributed by atoms with Crippen molar-refractivity contribution < 1.29 is 64.8 Å². The lowest BCUT2D eigenvalue weighted by Gasteiger charge is -2.25. The fraction of sp³-hybridized carbons (Fsp3) is 0.333. The van der Waals surface area contributed by atoms with Gasteiger partial charge in [0.15, 0.2) is 0 Å². The highest BCUT2D eigenvalue weighted by Gasteiger charge is 2.39.